The number of allylic oxidation sites excluding steroid dienone is 2. The van der Waals surface area contributed by atoms with E-state index in [4.69, 9.17) is 0 Å². The first-order valence-electron chi connectivity index (χ1n) is 3.44. The average molecular weight is 110 g/mol. The molecule has 0 aromatic rings. The van der Waals surface area contributed by atoms with Crippen LogP contribution in [0, 0.1) is 5.92 Å². The average Bonchev–Trinajstić information content (AvgIpc) is 2.45. The lowest BCUT2D eigenvalue weighted by molar-refractivity contribution is 0.672. The van der Waals surface area contributed by atoms with Crippen LogP contribution in [-0.4, -0.2) is 0 Å². The predicted molar refractivity (Wildman–Crippen MR) is 36.8 cm³/mol. The van der Waals surface area contributed by atoms with Crippen LogP contribution >= 0.6 is 0 Å². The lowest BCUT2D eigenvalue weighted by Crippen LogP contribution is -1.85. The van der Waals surface area contributed by atoms with Gasteiger partial charge in [0.15, 0.2) is 0 Å². The van der Waals surface area contributed by atoms with E-state index in [2.05, 4.69) is 20.8 Å². The van der Waals surface area contributed by atoms with E-state index < -0.39 is 0 Å². The molecule has 0 heterocycles. The third-order valence-corrected chi connectivity index (χ3v) is 2.09. The van der Waals surface area contributed by atoms with Gasteiger partial charge in [-0.1, -0.05) is 25.0 Å². The summed E-state index contributed by atoms with van der Waals surface area (Å²) < 4.78 is 0. The van der Waals surface area contributed by atoms with Crippen molar-refractivity contribution in [1.82, 2.24) is 0 Å². The van der Waals surface area contributed by atoms with E-state index in [1.54, 1.807) is 11.1 Å². The molecular formula is C8H14. The zero-order valence-electron chi connectivity index (χ0n) is 5.99. The van der Waals surface area contributed by atoms with Gasteiger partial charge in [0, 0.05) is 0 Å². The van der Waals surface area contributed by atoms with E-state index in [0.29, 0.717) is 0 Å². The molecule has 0 spiro atoms. The summed E-state index contributed by atoms with van der Waals surface area (Å²) in [6.45, 7) is 6.80. The molecule has 1 aliphatic rings. The second kappa shape index (κ2) is 1.93. The van der Waals surface area contributed by atoms with Crippen LogP contribution in [0.1, 0.15) is 33.6 Å². The van der Waals surface area contributed by atoms with Crippen molar-refractivity contribution >= 4 is 0 Å². The molecule has 1 aliphatic carbocycles. The summed E-state index contributed by atoms with van der Waals surface area (Å²) in [4.78, 5) is 0. The van der Waals surface area contributed by atoms with Gasteiger partial charge in [-0.15, -0.1) is 0 Å². The van der Waals surface area contributed by atoms with E-state index in [1.165, 1.54) is 12.8 Å². The lowest BCUT2D eigenvalue weighted by Gasteiger charge is -1.98. The van der Waals surface area contributed by atoms with Crippen LogP contribution in [0.15, 0.2) is 11.1 Å². The molecule has 0 amide bonds. The van der Waals surface area contributed by atoms with Crippen molar-refractivity contribution in [3.05, 3.63) is 11.1 Å². The molecular weight excluding hydrogens is 96.1 g/mol. The molecule has 0 radical (unpaired) electrons. The van der Waals surface area contributed by atoms with Crippen LogP contribution in [0.2, 0.25) is 0 Å². The van der Waals surface area contributed by atoms with Crippen LogP contribution in [0.25, 0.3) is 0 Å². The molecule has 1 unspecified atom stereocenters. The molecule has 0 bridgehead atoms. The summed E-state index contributed by atoms with van der Waals surface area (Å²) >= 11 is 0. The Morgan fingerprint density at radius 3 is 2.25 bits per heavy atom. The van der Waals surface area contributed by atoms with Crippen molar-refractivity contribution in [2.75, 3.05) is 0 Å². The van der Waals surface area contributed by atoms with Crippen molar-refractivity contribution in [2.45, 2.75) is 33.6 Å². The minimum Gasteiger partial charge on any atom is -0.0695 e. The minimum atomic E-state index is 0.870. The normalized spacial score (nSPS) is 21.4. The molecule has 1 rings (SSSR count). The zero-order valence-corrected chi connectivity index (χ0v) is 5.99. The summed E-state index contributed by atoms with van der Waals surface area (Å²) in [6.07, 6.45) is 2.64. The zero-order chi connectivity index (χ0) is 6.15. The summed E-state index contributed by atoms with van der Waals surface area (Å²) in [5, 5.41) is 0. The smallest absolute Gasteiger partial charge is 0.0103 e. The molecule has 0 aromatic heterocycles. The van der Waals surface area contributed by atoms with Gasteiger partial charge in [0.05, 0.1) is 0 Å². The fourth-order valence-electron chi connectivity index (χ4n) is 1.08. The second-order valence-electron chi connectivity index (χ2n) is 2.79. The summed E-state index contributed by atoms with van der Waals surface area (Å²) in [6, 6.07) is 0. The van der Waals surface area contributed by atoms with Crippen LogP contribution in [-0.2, 0) is 0 Å². The first-order valence-corrected chi connectivity index (χ1v) is 3.44. The number of hydrogen-bond donors (Lipinski definition) is 0. The Morgan fingerprint density at radius 2 is 2.12 bits per heavy atom. The van der Waals surface area contributed by atoms with Crippen LogP contribution < -0.4 is 0 Å². The fraction of sp³-hybridized carbons (Fsp3) is 0.750. The number of hydrogen-bond acceptors (Lipinski definition) is 0. The van der Waals surface area contributed by atoms with Crippen molar-refractivity contribution in [2.24, 2.45) is 5.92 Å². The molecule has 0 nitrogen and oxygen atoms in total. The third kappa shape index (κ3) is 0.936. The maximum atomic E-state index is 2.31. The van der Waals surface area contributed by atoms with E-state index in [-0.39, 0.29) is 0 Å². The van der Waals surface area contributed by atoms with Crippen LogP contribution in [0.5, 0.6) is 0 Å². The Hall–Kier alpha value is -0.260. The molecule has 0 heteroatoms. The maximum Gasteiger partial charge on any atom is -0.0103 e. The summed E-state index contributed by atoms with van der Waals surface area (Å²) in [7, 11) is 0. The first kappa shape index (κ1) is 5.87. The molecule has 8 heavy (non-hydrogen) atoms. The molecule has 0 saturated carbocycles. The van der Waals surface area contributed by atoms with Crippen molar-refractivity contribution in [1.29, 1.82) is 0 Å². The highest BCUT2D eigenvalue weighted by molar-refractivity contribution is 5.34. The van der Waals surface area contributed by atoms with Crippen LogP contribution in [0.3, 0.4) is 0 Å². The van der Waals surface area contributed by atoms with Crippen molar-refractivity contribution < 1.29 is 0 Å². The van der Waals surface area contributed by atoms with E-state index in [9.17, 15) is 0 Å². The molecule has 0 saturated heterocycles. The fourth-order valence-corrected chi connectivity index (χ4v) is 1.08. The molecule has 0 N–H and O–H groups in total. The SMILES string of the molecule is CCC(C)C1=C(C)C1. The van der Waals surface area contributed by atoms with Gasteiger partial charge in [0.2, 0.25) is 0 Å². The van der Waals surface area contributed by atoms with Gasteiger partial charge in [-0.2, -0.15) is 0 Å². The Labute approximate surface area is 51.6 Å². The Balaban J connectivity index is 2.38. The molecule has 46 valence electrons. The lowest BCUT2D eigenvalue weighted by atomic mass is 10.1. The topological polar surface area (TPSA) is 0 Å². The molecule has 0 fully saturated rings. The van der Waals surface area contributed by atoms with Gasteiger partial charge >= 0.3 is 0 Å². The molecule has 0 aromatic carbocycles. The quantitative estimate of drug-likeness (QED) is 0.479. The first-order chi connectivity index (χ1) is 3.75. The van der Waals surface area contributed by atoms with Gasteiger partial charge in [-0.3, -0.25) is 0 Å². The number of rotatable bonds is 2. The van der Waals surface area contributed by atoms with Crippen molar-refractivity contribution in [3.63, 3.8) is 0 Å². The maximum absolute atomic E-state index is 2.31. The Morgan fingerprint density at radius 1 is 1.62 bits per heavy atom. The monoisotopic (exact) mass is 110 g/mol. The van der Waals surface area contributed by atoms with Gasteiger partial charge in [0.1, 0.15) is 0 Å². The standard InChI is InChI=1S/C8H14/c1-4-6(2)8-5-7(8)3/h6H,4-5H2,1-3H3. The van der Waals surface area contributed by atoms with Gasteiger partial charge < -0.3 is 0 Å². The van der Waals surface area contributed by atoms with E-state index in [0.717, 1.165) is 5.92 Å². The van der Waals surface area contributed by atoms with Gasteiger partial charge in [0.25, 0.3) is 0 Å². The summed E-state index contributed by atoms with van der Waals surface area (Å²) in [5.74, 6) is 0.870. The summed E-state index contributed by atoms with van der Waals surface area (Å²) in [5.41, 5.74) is 3.35. The van der Waals surface area contributed by atoms with E-state index >= 15 is 0 Å². The van der Waals surface area contributed by atoms with Gasteiger partial charge in [-0.05, 0) is 25.7 Å². The Kier molecular flexibility index (Phi) is 1.41. The predicted octanol–water partition coefficient (Wildman–Crippen LogP) is 2.75. The third-order valence-electron chi connectivity index (χ3n) is 2.09. The molecule has 0 aliphatic heterocycles. The minimum absolute atomic E-state index is 0.870. The second-order valence-corrected chi connectivity index (χ2v) is 2.79. The van der Waals surface area contributed by atoms with Crippen molar-refractivity contribution in [3.8, 4) is 0 Å². The van der Waals surface area contributed by atoms with Crippen LogP contribution in [0.4, 0.5) is 0 Å². The Bertz CT molecular complexity index is 120. The highest BCUT2D eigenvalue weighted by Gasteiger charge is 2.20. The largest absolute Gasteiger partial charge is 0.0695 e. The highest BCUT2D eigenvalue weighted by atomic mass is 14.3. The highest BCUT2D eigenvalue weighted by Crippen LogP contribution is 2.37. The van der Waals surface area contributed by atoms with E-state index in [1.807, 2.05) is 0 Å². The van der Waals surface area contributed by atoms with Gasteiger partial charge in [-0.25, -0.2) is 0 Å². The molecule has 1 atom stereocenters.